The zero-order chi connectivity index (χ0) is 9.68. The van der Waals surface area contributed by atoms with Crippen LogP contribution in [0.2, 0.25) is 0 Å². The molecule has 0 aliphatic heterocycles. The van der Waals surface area contributed by atoms with Crippen molar-refractivity contribution in [2.45, 2.75) is 12.5 Å². The van der Waals surface area contributed by atoms with E-state index in [0.29, 0.717) is 0 Å². The molecule has 0 aromatic heterocycles. The van der Waals surface area contributed by atoms with Crippen molar-refractivity contribution in [1.29, 1.82) is 0 Å². The number of hydrogen-bond acceptors (Lipinski definition) is 2. The zero-order valence-electron chi connectivity index (χ0n) is 8.53. The molecule has 3 heteroatoms. The SMILES string of the molecule is [CH2-]CC(OC)c1ccc(OC)cc1.[W]. The quantitative estimate of drug-likeness (QED) is 0.766. The maximum absolute atomic E-state index is 5.26. The topological polar surface area (TPSA) is 18.5 Å². The third kappa shape index (κ3) is 3.43. The Morgan fingerprint density at radius 2 is 1.79 bits per heavy atom. The Morgan fingerprint density at radius 3 is 2.14 bits per heavy atom. The van der Waals surface area contributed by atoms with Crippen LogP contribution in [0.1, 0.15) is 18.1 Å². The number of methoxy groups -OCH3 is 2. The van der Waals surface area contributed by atoms with Gasteiger partial charge in [0, 0.05) is 28.2 Å². The molecule has 1 atom stereocenters. The summed E-state index contributed by atoms with van der Waals surface area (Å²) in [4.78, 5) is 0. The summed E-state index contributed by atoms with van der Waals surface area (Å²) in [7, 11) is 3.35. The van der Waals surface area contributed by atoms with Crippen molar-refractivity contribution in [3.05, 3.63) is 36.8 Å². The first kappa shape index (κ1) is 13.7. The van der Waals surface area contributed by atoms with Gasteiger partial charge in [-0.3, -0.25) is 0 Å². The maximum atomic E-state index is 5.26. The van der Waals surface area contributed by atoms with Gasteiger partial charge in [-0.1, -0.05) is 12.1 Å². The summed E-state index contributed by atoms with van der Waals surface area (Å²) in [5.74, 6) is 0.864. The van der Waals surface area contributed by atoms with E-state index in [1.165, 1.54) is 0 Å². The fourth-order valence-electron chi connectivity index (χ4n) is 1.24. The summed E-state index contributed by atoms with van der Waals surface area (Å²) in [5, 5.41) is 0. The standard InChI is InChI=1S/C11H15O2.W/c1-4-11(13-3)9-5-7-10(12-2)8-6-9;/h5-8,11H,1,4H2,2-3H3;/q-1;. The Morgan fingerprint density at radius 1 is 1.21 bits per heavy atom. The molecule has 0 bridgehead atoms. The van der Waals surface area contributed by atoms with Crippen LogP contribution in [0.25, 0.3) is 0 Å². The molecular weight excluding hydrogens is 348 g/mol. The molecular formula is C11H15O2W-. The van der Waals surface area contributed by atoms with Gasteiger partial charge < -0.3 is 16.4 Å². The summed E-state index contributed by atoms with van der Waals surface area (Å²) in [6.45, 7) is 3.82. The monoisotopic (exact) mass is 363 g/mol. The number of benzene rings is 1. The van der Waals surface area contributed by atoms with E-state index in [1.807, 2.05) is 24.3 Å². The number of ether oxygens (including phenoxy) is 2. The van der Waals surface area contributed by atoms with E-state index < -0.39 is 0 Å². The van der Waals surface area contributed by atoms with E-state index in [-0.39, 0.29) is 27.2 Å². The Hall–Kier alpha value is -0.332. The molecule has 1 aromatic rings. The van der Waals surface area contributed by atoms with Gasteiger partial charge in [0.25, 0.3) is 0 Å². The molecule has 14 heavy (non-hydrogen) atoms. The first-order valence-electron chi connectivity index (χ1n) is 4.27. The van der Waals surface area contributed by atoms with Crippen LogP contribution in [0, 0.1) is 6.92 Å². The van der Waals surface area contributed by atoms with Crippen LogP contribution in [-0.2, 0) is 25.8 Å². The molecule has 0 fully saturated rings. The molecule has 0 saturated carbocycles. The third-order valence-electron chi connectivity index (χ3n) is 2.03. The second-order valence-corrected chi connectivity index (χ2v) is 2.79. The van der Waals surface area contributed by atoms with Crippen LogP contribution < -0.4 is 4.74 Å². The first-order valence-corrected chi connectivity index (χ1v) is 4.27. The predicted molar refractivity (Wildman–Crippen MR) is 52.7 cm³/mol. The molecule has 0 aliphatic rings. The van der Waals surface area contributed by atoms with Gasteiger partial charge in [0.05, 0.1) is 13.2 Å². The average molecular weight is 363 g/mol. The summed E-state index contributed by atoms with van der Waals surface area (Å²) in [6, 6.07) is 7.85. The van der Waals surface area contributed by atoms with Crippen molar-refractivity contribution in [2.75, 3.05) is 14.2 Å². The van der Waals surface area contributed by atoms with Gasteiger partial charge in [-0.15, -0.1) is 0 Å². The summed E-state index contributed by atoms with van der Waals surface area (Å²) in [5.41, 5.74) is 1.14. The number of hydrogen-bond donors (Lipinski definition) is 0. The van der Waals surface area contributed by atoms with Gasteiger partial charge in [-0.05, 0) is 17.7 Å². The van der Waals surface area contributed by atoms with Crippen molar-refractivity contribution < 1.29 is 30.5 Å². The second-order valence-electron chi connectivity index (χ2n) is 2.79. The molecule has 0 aliphatic carbocycles. The zero-order valence-corrected chi connectivity index (χ0v) is 11.5. The van der Waals surface area contributed by atoms with Crippen molar-refractivity contribution in [1.82, 2.24) is 0 Å². The van der Waals surface area contributed by atoms with Crippen LogP contribution in [0.3, 0.4) is 0 Å². The molecule has 0 spiro atoms. The Labute approximate surface area is 99.9 Å². The van der Waals surface area contributed by atoms with Crippen LogP contribution in [0.15, 0.2) is 24.3 Å². The minimum Gasteiger partial charge on any atom is -0.497 e. The molecule has 0 radical (unpaired) electrons. The molecule has 1 unspecified atom stereocenters. The van der Waals surface area contributed by atoms with Crippen LogP contribution in [0.4, 0.5) is 0 Å². The average Bonchev–Trinajstić information content (AvgIpc) is 2.21. The molecule has 1 aromatic carbocycles. The molecule has 0 amide bonds. The van der Waals surface area contributed by atoms with Crippen molar-refractivity contribution in [3.63, 3.8) is 0 Å². The van der Waals surface area contributed by atoms with Gasteiger partial charge in [0.1, 0.15) is 5.75 Å². The van der Waals surface area contributed by atoms with Gasteiger partial charge in [-0.2, -0.15) is 6.42 Å². The normalized spacial score (nSPS) is 11.6. The van der Waals surface area contributed by atoms with Gasteiger partial charge in [0.2, 0.25) is 0 Å². The van der Waals surface area contributed by atoms with E-state index in [2.05, 4.69) is 6.92 Å². The van der Waals surface area contributed by atoms with Crippen molar-refractivity contribution >= 4 is 0 Å². The van der Waals surface area contributed by atoms with E-state index in [1.54, 1.807) is 14.2 Å². The van der Waals surface area contributed by atoms with E-state index in [4.69, 9.17) is 9.47 Å². The minimum absolute atomic E-state index is 0. The molecule has 0 heterocycles. The van der Waals surface area contributed by atoms with E-state index in [9.17, 15) is 0 Å². The van der Waals surface area contributed by atoms with Gasteiger partial charge in [-0.25, -0.2) is 0 Å². The van der Waals surface area contributed by atoms with E-state index in [0.717, 1.165) is 17.7 Å². The van der Waals surface area contributed by atoms with Gasteiger partial charge >= 0.3 is 0 Å². The summed E-state index contributed by atoms with van der Waals surface area (Å²) in [6.07, 6.45) is 0.828. The van der Waals surface area contributed by atoms with Crippen LogP contribution >= 0.6 is 0 Å². The maximum Gasteiger partial charge on any atom is 0.118 e. The van der Waals surface area contributed by atoms with Crippen LogP contribution in [-0.4, -0.2) is 14.2 Å². The summed E-state index contributed by atoms with van der Waals surface area (Å²) < 4.78 is 10.3. The molecule has 2 nitrogen and oxygen atoms in total. The second kappa shape index (κ2) is 7.03. The minimum atomic E-state index is 0. The fraction of sp³-hybridized carbons (Fsp3) is 0.364. The van der Waals surface area contributed by atoms with Crippen LogP contribution in [0.5, 0.6) is 5.75 Å². The predicted octanol–water partition coefficient (Wildman–Crippen LogP) is 2.60. The summed E-state index contributed by atoms with van der Waals surface area (Å²) >= 11 is 0. The molecule has 0 saturated heterocycles. The van der Waals surface area contributed by atoms with Crippen molar-refractivity contribution in [3.8, 4) is 5.75 Å². The Kier molecular flexibility index (Phi) is 6.86. The number of rotatable bonds is 4. The molecule has 1 rings (SSSR count). The van der Waals surface area contributed by atoms with Gasteiger partial charge in [0.15, 0.2) is 0 Å². The Balaban J connectivity index is 0.00000169. The molecule has 78 valence electrons. The third-order valence-corrected chi connectivity index (χ3v) is 2.03. The fourth-order valence-corrected chi connectivity index (χ4v) is 1.24. The molecule has 0 N–H and O–H groups in total. The van der Waals surface area contributed by atoms with Crippen molar-refractivity contribution in [2.24, 2.45) is 0 Å². The van der Waals surface area contributed by atoms with E-state index >= 15 is 0 Å². The Bertz CT molecular complexity index is 242. The smallest absolute Gasteiger partial charge is 0.118 e. The first-order chi connectivity index (χ1) is 6.31. The largest absolute Gasteiger partial charge is 0.497 e.